The van der Waals surface area contributed by atoms with Gasteiger partial charge in [-0.05, 0) is 46.6 Å². The van der Waals surface area contributed by atoms with E-state index in [1.807, 2.05) is 0 Å². The third-order valence-corrected chi connectivity index (χ3v) is 5.19. The highest BCUT2D eigenvalue weighted by Crippen LogP contribution is 2.22. The average Bonchev–Trinajstić information content (AvgIpc) is 2.67. The van der Waals surface area contributed by atoms with Crippen LogP contribution in [0.25, 0.3) is 0 Å². The van der Waals surface area contributed by atoms with Crippen molar-refractivity contribution < 1.29 is 0 Å². The molecule has 15 heavy (non-hydrogen) atoms. The minimum atomic E-state index is 0.372. The molecule has 1 aliphatic rings. The predicted octanol–water partition coefficient (Wildman–Crippen LogP) is 1.87. The van der Waals surface area contributed by atoms with Gasteiger partial charge in [-0.25, -0.2) is 0 Å². The second-order valence-corrected chi connectivity index (χ2v) is 6.83. The summed E-state index contributed by atoms with van der Waals surface area (Å²) >= 11 is 15.0. The maximum absolute atomic E-state index is 5.34. The summed E-state index contributed by atoms with van der Waals surface area (Å²) in [5, 5.41) is 3.70. The van der Waals surface area contributed by atoms with E-state index in [-0.39, 0.29) is 0 Å². The van der Waals surface area contributed by atoms with Crippen molar-refractivity contribution in [2.75, 3.05) is 13.1 Å². The second-order valence-electron chi connectivity index (χ2n) is 2.90. The number of hydrogen-bond donors (Lipinski definition) is 2. The largest absolute Gasteiger partial charge is 0.384 e. The summed E-state index contributed by atoms with van der Waals surface area (Å²) in [5.41, 5.74) is 5.34. The molecule has 84 valence electrons. The molecule has 3 N–H and O–H groups in total. The van der Waals surface area contributed by atoms with E-state index in [4.69, 9.17) is 42.4 Å². The Morgan fingerprint density at radius 1 is 1.13 bits per heavy atom. The quantitative estimate of drug-likeness (QED) is 0.519. The number of nitrogens with two attached hydrogens (primary N) is 1. The molecule has 0 aromatic heterocycles. The number of likely N-dealkylation sites (tertiary alicyclic amines) is 1. The van der Waals surface area contributed by atoms with Crippen molar-refractivity contribution in [3.8, 4) is 0 Å². The maximum Gasteiger partial charge on any atom is 0.174 e. The van der Waals surface area contributed by atoms with Crippen LogP contribution in [0, 0.1) is 0 Å². The van der Waals surface area contributed by atoms with Crippen LogP contribution in [-0.4, -0.2) is 31.7 Å². The summed E-state index contributed by atoms with van der Waals surface area (Å²) < 4.78 is 0.973. The topological polar surface area (TPSA) is 41.3 Å². The van der Waals surface area contributed by atoms with E-state index < -0.39 is 0 Å². The Hall–Kier alpha value is 0.370. The third-order valence-electron chi connectivity index (χ3n) is 1.80. The fraction of sp³-hybridized carbons (Fsp3) is 0.571. The number of hydrogen-bond acceptors (Lipinski definition) is 5. The molecule has 0 aromatic carbocycles. The highest BCUT2D eigenvalue weighted by atomic mass is 33.1. The van der Waals surface area contributed by atoms with Crippen LogP contribution in [0.15, 0.2) is 0 Å². The van der Waals surface area contributed by atoms with Crippen molar-refractivity contribution in [1.29, 1.82) is 0 Å². The van der Waals surface area contributed by atoms with Gasteiger partial charge in [-0.2, -0.15) is 0 Å². The molecule has 1 aliphatic heterocycles. The van der Waals surface area contributed by atoms with Gasteiger partial charge in [-0.1, -0.05) is 24.4 Å². The van der Waals surface area contributed by atoms with E-state index in [1.54, 1.807) is 0 Å². The van der Waals surface area contributed by atoms with E-state index in [2.05, 4.69) is 10.2 Å². The minimum Gasteiger partial charge on any atom is -0.384 e. The number of rotatable bonds is 0. The first-order valence-corrected chi connectivity index (χ1v) is 7.71. The van der Waals surface area contributed by atoms with Crippen molar-refractivity contribution in [1.82, 2.24) is 10.2 Å². The van der Waals surface area contributed by atoms with Crippen LogP contribution >= 0.6 is 58.2 Å². The van der Waals surface area contributed by atoms with E-state index in [0.717, 1.165) is 13.1 Å². The Balaban J connectivity index is 2.24. The standard InChI is InChI=1S/C7H11N3S5/c8-5(11)14-15-7(13)9-6(12)10-3-1-2-4-10/h1-4H2,(H2,8,11)(H,9,12,13). The van der Waals surface area contributed by atoms with E-state index >= 15 is 0 Å². The molecule has 3 nitrogen and oxygen atoms in total. The predicted molar refractivity (Wildman–Crippen MR) is 81.1 cm³/mol. The molecule has 1 saturated heterocycles. The lowest BCUT2D eigenvalue weighted by atomic mass is 10.4. The summed E-state index contributed by atoms with van der Waals surface area (Å²) in [6, 6.07) is 0. The highest BCUT2D eigenvalue weighted by Gasteiger charge is 2.15. The molecule has 0 spiro atoms. The molecule has 0 aromatic rings. The number of thiocarbonyl (C=S) groups is 3. The molecule has 1 fully saturated rings. The van der Waals surface area contributed by atoms with Crippen molar-refractivity contribution in [3.63, 3.8) is 0 Å². The normalized spacial score (nSPS) is 15.1. The zero-order valence-corrected chi connectivity index (χ0v) is 12.0. The lowest BCUT2D eigenvalue weighted by Gasteiger charge is -2.19. The molecule has 0 saturated carbocycles. The molecule has 8 heteroatoms. The molecule has 0 amide bonds. The summed E-state index contributed by atoms with van der Waals surface area (Å²) in [6.45, 7) is 2.03. The van der Waals surface area contributed by atoms with Gasteiger partial charge >= 0.3 is 0 Å². The Morgan fingerprint density at radius 3 is 2.27 bits per heavy atom. The molecule has 0 bridgehead atoms. The molecular formula is C7H11N3S5. The number of nitrogens with one attached hydrogen (secondary N) is 1. The lowest BCUT2D eigenvalue weighted by Crippen LogP contribution is -2.39. The highest BCUT2D eigenvalue weighted by molar-refractivity contribution is 8.89. The fourth-order valence-corrected chi connectivity index (χ4v) is 3.20. The van der Waals surface area contributed by atoms with Crippen LogP contribution in [0.3, 0.4) is 0 Å². The van der Waals surface area contributed by atoms with Crippen molar-refractivity contribution >= 4 is 72.0 Å². The molecular weight excluding hydrogens is 286 g/mol. The summed E-state index contributed by atoms with van der Waals surface area (Å²) in [4.78, 5) is 2.12. The van der Waals surface area contributed by atoms with E-state index in [9.17, 15) is 0 Å². The van der Waals surface area contributed by atoms with Gasteiger partial charge < -0.3 is 16.0 Å². The Kier molecular flexibility index (Phi) is 6.13. The van der Waals surface area contributed by atoms with Gasteiger partial charge in [0.05, 0.1) is 0 Å². The Bertz CT molecular complexity index is 274. The first-order chi connectivity index (χ1) is 7.09. The van der Waals surface area contributed by atoms with Crippen LogP contribution in [-0.2, 0) is 0 Å². The number of nitrogens with zero attached hydrogens (tertiary/aromatic N) is 1. The van der Waals surface area contributed by atoms with Gasteiger partial charge in [0.25, 0.3) is 0 Å². The lowest BCUT2D eigenvalue weighted by molar-refractivity contribution is 0.518. The van der Waals surface area contributed by atoms with Gasteiger partial charge in [-0.3, -0.25) is 0 Å². The van der Waals surface area contributed by atoms with Gasteiger partial charge in [0.15, 0.2) is 9.43 Å². The molecule has 0 radical (unpaired) electrons. The average molecular weight is 298 g/mol. The van der Waals surface area contributed by atoms with Crippen LogP contribution in [0.2, 0.25) is 0 Å². The van der Waals surface area contributed by atoms with Crippen molar-refractivity contribution in [3.05, 3.63) is 0 Å². The maximum atomic E-state index is 5.34. The molecule has 0 unspecified atom stereocenters. The fourth-order valence-electron chi connectivity index (χ4n) is 1.19. The van der Waals surface area contributed by atoms with Crippen LogP contribution in [0.4, 0.5) is 0 Å². The van der Waals surface area contributed by atoms with Crippen molar-refractivity contribution in [2.45, 2.75) is 12.8 Å². The zero-order chi connectivity index (χ0) is 11.3. The SMILES string of the molecule is NC(=S)SSC(=S)NC(=S)N1CCCC1. The first-order valence-electron chi connectivity index (χ1n) is 4.33. The van der Waals surface area contributed by atoms with Crippen LogP contribution < -0.4 is 11.1 Å². The first kappa shape index (κ1) is 13.4. The van der Waals surface area contributed by atoms with E-state index in [1.165, 1.54) is 34.4 Å². The van der Waals surface area contributed by atoms with Gasteiger partial charge in [0, 0.05) is 13.1 Å². The monoisotopic (exact) mass is 297 g/mol. The van der Waals surface area contributed by atoms with Crippen LogP contribution in [0.1, 0.15) is 12.8 Å². The third kappa shape index (κ3) is 5.30. The molecule has 1 heterocycles. The molecule has 1 rings (SSSR count). The smallest absolute Gasteiger partial charge is 0.174 e. The molecule has 0 aliphatic carbocycles. The second kappa shape index (κ2) is 6.85. The van der Waals surface area contributed by atoms with Gasteiger partial charge in [0.1, 0.15) is 4.32 Å². The Labute approximate surface area is 113 Å². The van der Waals surface area contributed by atoms with Crippen LogP contribution in [0.5, 0.6) is 0 Å². The zero-order valence-electron chi connectivity index (χ0n) is 7.89. The molecule has 0 atom stereocenters. The van der Waals surface area contributed by atoms with Crippen molar-refractivity contribution in [2.24, 2.45) is 5.73 Å². The summed E-state index contributed by atoms with van der Waals surface area (Å²) in [7, 11) is 2.60. The Morgan fingerprint density at radius 2 is 1.73 bits per heavy atom. The summed E-state index contributed by atoms with van der Waals surface area (Å²) in [6.07, 6.45) is 2.40. The van der Waals surface area contributed by atoms with E-state index in [0.29, 0.717) is 13.8 Å². The van der Waals surface area contributed by atoms with Gasteiger partial charge in [0.2, 0.25) is 0 Å². The summed E-state index contributed by atoms with van der Waals surface area (Å²) in [5.74, 6) is 0. The minimum absolute atomic E-state index is 0.372. The van der Waals surface area contributed by atoms with Gasteiger partial charge in [-0.15, -0.1) is 0 Å².